The Bertz CT molecular complexity index is 470. The number of aliphatic hydroxyl groups is 1. The molecule has 0 aliphatic heterocycles. The highest BCUT2D eigenvalue weighted by Gasteiger charge is 2.15. The highest BCUT2D eigenvalue weighted by atomic mass is 35.5. The number of halogens is 1. The lowest BCUT2D eigenvalue weighted by molar-refractivity contribution is -0.135. The van der Waals surface area contributed by atoms with Gasteiger partial charge in [-0.25, -0.2) is 4.79 Å². The summed E-state index contributed by atoms with van der Waals surface area (Å²) in [5.41, 5.74) is 0.443. The largest absolute Gasteiger partial charge is 0.466 e. The second kappa shape index (κ2) is 7.56. The first-order valence-corrected chi connectivity index (χ1v) is 5.88. The van der Waals surface area contributed by atoms with Crippen LogP contribution < -0.4 is 5.32 Å². The van der Waals surface area contributed by atoms with Gasteiger partial charge >= 0.3 is 5.97 Å². The Morgan fingerprint density at radius 2 is 2.05 bits per heavy atom. The molecule has 0 heterocycles. The molecule has 5 nitrogen and oxygen atoms in total. The van der Waals surface area contributed by atoms with Gasteiger partial charge in [0.2, 0.25) is 0 Å². The van der Waals surface area contributed by atoms with Gasteiger partial charge in [0.05, 0.1) is 7.11 Å². The number of benzene rings is 1. The van der Waals surface area contributed by atoms with E-state index in [1.165, 1.54) is 19.3 Å². The molecule has 0 saturated carbocycles. The Balaban J connectivity index is 2.47. The fraction of sp³-hybridized carbons (Fsp3) is 0.231. The van der Waals surface area contributed by atoms with Crippen LogP contribution in [0, 0.1) is 0 Å². The van der Waals surface area contributed by atoms with Crippen molar-refractivity contribution in [3.63, 3.8) is 0 Å². The Morgan fingerprint density at radius 1 is 1.42 bits per heavy atom. The fourth-order valence-electron chi connectivity index (χ4n) is 1.28. The standard InChI is InChI=1S/C13H14ClNO4/c1-19-11(16)3-2-8-15-13(18)12(17)9-4-6-10(14)7-5-9/h2-7,12,17H,8H2,1H3,(H,15,18)/b3-2+. The number of hydrogen-bond acceptors (Lipinski definition) is 4. The molecule has 1 aromatic carbocycles. The van der Waals surface area contributed by atoms with E-state index in [0.717, 1.165) is 0 Å². The molecule has 0 fully saturated rings. The number of esters is 1. The fourth-order valence-corrected chi connectivity index (χ4v) is 1.40. The van der Waals surface area contributed by atoms with Crippen molar-refractivity contribution in [1.82, 2.24) is 5.32 Å². The van der Waals surface area contributed by atoms with Gasteiger partial charge in [-0.05, 0) is 17.7 Å². The third-order valence-electron chi connectivity index (χ3n) is 2.28. The van der Waals surface area contributed by atoms with Gasteiger partial charge in [-0.2, -0.15) is 0 Å². The van der Waals surface area contributed by atoms with Crippen molar-refractivity contribution >= 4 is 23.5 Å². The summed E-state index contributed by atoms with van der Waals surface area (Å²) in [6, 6.07) is 6.31. The molecule has 0 bridgehead atoms. The molecule has 1 unspecified atom stereocenters. The summed E-state index contributed by atoms with van der Waals surface area (Å²) >= 11 is 5.71. The van der Waals surface area contributed by atoms with Crippen LogP contribution in [0.4, 0.5) is 0 Å². The Kier molecular flexibility index (Phi) is 6.05. The van der Waals surface area contributed by atoms with E-state index in [0.29, 0.717) is 10.6 Å². The molecule has 1 atom stereocenters. The smallest absolute Gasteiger partial charge is 0.330 e. The van der Waals surface area contributed by atoms with Crippen LogP contribution in [-0.4, -0.2) is 30.6 Å². The van der Waals surface area contributed by atoms with Crippen LogP contribution in [-0.2, 0) is 14.3 Å². The number of nitrogens with one attached hydrogen (secondary N) is 1. The van der Waals surface area contributed by atoms with Gasteiger partial charge in [0.15, 0.2) is 6.10 Å². The van der Waals surface area contributed by atoms with Gasteiger partial charge in [-0.15, -0.1) is 0 Å². The van der Waals surface area contributed by atoms with E-state index in [1.54, 1.807) is 24.3 Å². The molecule has 0 radical (unpaired) electrons. The third-order valence-corrected chi connectivity index (χ3v) is 2.54. The lowest BCUT2D eigenvalue weighted by Crippen LogP contribution is -2.29. The summed E-state index contributed by atoms with van der Waals surface area (Å²) in [6.07, 6.45) is 1.34. The van der Waals surface area contributed by atoms with E-state index >= 15 is 0 Å². The number of amides is 1. The van der Waals surface area contributed by atoms with Gasteiger partial charge in [0.25, 0.3) is 5.91 Å². The average molecular weight is 284 g/mol. The maximum Gasteiger partial charge on any atom is 0.330 e. The number of methoxy groups -OCH3 is 1. The molecule has 0 aromatic heterocycles. The van der Waals surface area contributed by atoms with E-state index in [2.05, 4.69) is 10.1 Å². The van der Waals surface area contributed by atoms with E-state index in [4.69, 9.17) is 11.6 Å². The number of aliphatic hydroxyl groups excluding tert-OH is 1. The summed E-state index contributed by atoms with van der Waals surface area (Å²) in [4.78, 5) is 22.4. The van der Waals surface area contributed by atoms with Crippen LogP contribution in [0.15, 0.2) is 36.4 Å². The minimum atomic E-state index is -1.27. The summed E-state index contributed by atoms with van der Waals surface area (Å²) in [5, 5.41) is 12.7. The molecule has 2 N–H and O–H groups in total. The van der Waals surface area contributed by atoms with Crippen molar-refractivity contribution in [2.24, 2.45) is 0 Å². The van der Waals surface area contributed by atoms with Crippen LogP contribution in [0.2, 0.25) is 5.02 Å². The van der Waals surface area contributed by atoms with Gasteiger partial charge < -0.3 is 15.2 Å². The van der Waals surface area contributed by atoms with Gasteiger partial charge in [-0.1, -0.05) is 29.8 Å². The maximum atomic E-state index is 11.6. The van der Waals surface area contributed by atoms with Crippen molar-refractivity contribution < 1.29 is 19.4 Å². The first-order valence-electron chi connectivity index (χ1n) is 5.50. The Labute approximate surface area is 115 Å². The monoisotopic (exact) mass is 283 g/mol. The number of ether oxygens (including phenoxy) is 1. The van der Waals surface area contributed by atoms with E-state index in [1.807, 2.05) is 0 Å². The minimum Gasteiger partial charge on any atom is -0.466 e. The lowest BCUT2D eigenvalue weighted by atomic mass is 10.1. The number of carbonyl (C=O) groups is 2. The molecular weight excluding hydrogens is 270 g/mol. The van der Waals surface area contributed by atoms with Gasteiger partial charge in [0, 0.05) is 17.6 Å². The van der Waals surface area contributed by atoms with E-state index in [9.17, 15) is 14.7 Å². The highest BCUT2D eigenvalue weighted by molar-refractivity contribution is 6.30. The zero-order chi connectivity index (χ0) is 14.3. The highest BCUT2D eigenvalue weighted by Crippen LogP contribution is 2.16. The molecule has 102 valence electrons. The Morgan fingerprint density at radius 3 is 2.63 bits per heavy atom. The van der Waals surface area contributed by atoms with Crippen molar-refractivity contribution in [3.05, 3.63) is 47.0 Å². The summed E-state index contributed by atoms with van der Waals surface area (Å²) in [5.74, 6) is -1.07. The van der Waals surface area contributed by atoms with Crippen molar-refractivity contribution in [2.75, 3.05) is 13.7 Å². The zero-order valence-electron chi connectivity index (χ0n) is 10.3. The first kappa shape index (κ1) is 15.2. The lowest BCUT2D eigenvalue weighted by Gasteiger charge is -2.10. The SMILES string of the molecule is COC(=O)/C=C/CNC(=O)C(O)c1ccc(Cl)cc1. The quantitative estimate of drug-likeness (QED) is 0.629. The molecule has 0 aliphatic carbocycles. The van der Waals surface area contributed by atoms with Gasteiger partial charge in [0.1, 0.15) is 0 Å². The summed E-state index contributed by atoms with van der Waals surface area (Å²) in [7, 11) is 1.26. The molecule has 1 amide bonds. The first-order chi connectivity index (χ1) is 9.04. The second-order valence-electron chi connectivity index (χ2n) is 3.62. The average Bonchev–Trinajstić information content (AvgIpc) is 2.43. The molecule has 0 spiro atoms. The van der Waals surface area contributed by atoms with Crippen LogP contribution in [0.3, 0.4) is 0 Å². The number of carbonyl (C=O) groups excluding carboxylic acids is 2. The van der Waals surface area contributed by atoms with Crippen LogP contribution in [0.25, 0.3) is 0 Å². The minimum absolute atomic E-state index is 0.124. The predicted molar refractivity (Wildman–Crippen MR) is 70.6 cm³/mol. The zero-order valence-corrected chi connectivity index (χ0v) is 11.1. The number of hydrogen-bond donors (Lipinski definition) is 2. The Hall–Kier alpha value is -1.85. The molecule has 0 aliphatic rings. The topological polar surface area (TPSA) is 75.6 Å². The molecule has 1 rings (SSSR count). The second-order valence-corrected chi connectivity index (χ2v) is 4.06. The molecular formula is C13H14ClNO4. The molecule has 1 aromatic rings. The van der Waals surface area contributed by atoms with Crippen LogP contribution in [0.5, 0.6) is 0 Å². The maximum absolute atomic E-state index is 11.6. The summed E-state index contributed by atoms with van der Waals surface area (Å²) in [6.45, 7) is 0.124. The van der Waals surface area contributed by atoms with Crippen molar-refractivity contribution in [1.29, 1.82) is 0 Å². The van der Waals surface area contributed by atoms with Crippen LogP contribution in [0.1, 0.15) is 11.7 Å². The predicted octanol–water partition coefficient (Wildman–Crippen LogP) is 1.22. The van der Waals surface area contributed by atoms with E-state index < -0.39 is 18.0 Å². The van der Waals surface area contributed by atoms with Crippen molar-refractivity contribution in [2.45, 2.75) is 6.10 Å². The normalized spacial score (nSPS) is 12.2. The van der Waals surface area contributed by atoms with Crippen molar-refractivity contribution in [3.8, 4) is 0 Å². The van der Waals surface area contributed by atoms with E-state index in [-0.39, 0.29) is 6.54 Å². The van der Waals surface area contributed by atoms with Crippen LogP contribution >= 0.6 is 11.6 Å². The van der Waals surface area contributed by atoms with Gasteiger partial charge in [-0.3, -0.25) is 4.79 Å². The molecule has 0 saturated heterocycles. The molecule has 19 heavy (non-hydrogen) atoms. The number of rotatable bonds is 5. The third kappa shape index (κ3) is 5.11. The summed E-state index contributed by atoms with van der Waals surface area (Å²) < 4.78 is 4.38. The molecule has 6 heteroatoms.